The molecule has 0 aliphatic carbocycles. The number of benzene rings is 3. The van der Waals surface area contributed by atoms with Crippen LogP contribution in [0, 0.1) is 22.9 Å². The molecule has 1 N–H and O–H groups in total. The fourth-order valence-corrected chi connectivity index (χ4v) is 4.97. The summed E-state index contributed by atoms with van der Waals surface area (Å²) >= 11 is 11.2. The van der Waals surface area contributed by atoms with E-state index in [9.17, 15) is 4.79 Å². The lowest BCUT2D eigenvalue weighted by Crippen LogP contribution is -2.48. The first-order chi connectivity index (χ1) is 25.6. The molecule has 1 amide bonds. The summed E-state index contributed by atoms with van der Waals surface area (Å²) in [7, 11) is 3.03. The first kappa shape index (κ1) is 44.0. The molecule has 3 aromatic carbocycles. The van der Waals surface area contributed by atoms with Crippen LogP contribution < -0.4 is 5.32 Å². The van der Waals surface area contributed by atoms with Crippen LogP contribution in [0.2, 0.25) is 0 Å². The standard InChI is InChI=1S/C12H13ClN4.C9H18N2O2.C9H8N2O.C8H8ClNO/c13-17-8-6-16(7-9-17)12(15-10-14)11-4-2-1-3-5-11;1-9(2,3)13-8(12)11-6-4-10-5-7-11;1-12-9(11-7-10)8-5-3-2-4-6-8;1-11-8(10-9)7-5-3-2-4-6-7/h1-5H,6-9H2;10H,4-7H2,1-3H3;2-6H,1H3;2-6H,1H3. The van der Waals surface area contributed by atoms with Crippen molar-refractivity contribution in [1.82, 2.24) is 19.5 Å². The van der Waals surface area contributed by atoms with Crippen molar-refractivity contribution in [2.75, 3.05) is 66.6 Å². The molecule has 2 aliphatic rings. The summed E-state index contributed by atoms with van der Waals surface area (Å²) in [6, 6.07) is 28.5. The molecule has 0 aromatic heterocycles. The molecule has 2 heterocycles. The van der Waals surface area contributed by atoms with Crippen LogP contribution >= 0.6 is 23.6 Å². The second-order valence-corrected chi connectivity index (χ2v) is 12.7. The summed E-state index contributed by atoms with van der Waals surface area (Å²) in [6.45, 7) is 12.0. The van der Waals surface area contributed by atoms with E-state index in [0.717, 1.165) is 74.9 Å². The fraction of sp³-hybridized carbons (Fsp3) is 0.368. The van der Waals surface area contributed by atoms with Crippen molar-refractivity contribution in [2.45, 2.75) is 26.4 Å². The Labute approximate surface area is 322 Å². The van der Waals surface area contributed by atoms with Gasteiger partial charge in [0.2, 0.25) is 24.2 Å². The average Bonchev–Trinajstić information content (AvgIpc) is 3.18. The third-order valence-corrected chi connectivity index (χ3v) is 7.63. The number of hydrogen-bond donors (Lipinski definition) is 1. The Morgan fingerprint density at radius 1 is 0.698 bits per heavy atom. The first-order valence-electron chi connectivity index (χ1n) is 16.8. The summed E-state index contributed by atoms with van der Waals surface area (Å²) in [6.07, 6.45) is 3.35. The number of hydrogen-bond acceptors (Lipinski definition) is 11. The molecule has 0 bridgehead atoms. The molecule has 2 aliphatic heterocycles. The van der Waals surface area contributed by atoms with E-state index in [1.807, 2.05) is 118 Å². The Morgan fingerprint density at radius 3 is 1.57 bits per heavy atom. The van der Waals surface area contributed by atoms with E-state index < -0.39 is 0 Å². The van der Waals surface area contributed by atoms with Crippen LogP contribution in [0.5, 0.6) is 0 Å². The molecule has 0 spiro atoms. The van der Waals surface area contributed by atoms with Crippen LogP contribution in [0.25, 0.3) is 0 Å². The van der Waals surface area contributed by atoms with Gasteiger partial charge >= 0.3 is 6.09 Å². The number of nitrogens with zero attached hydrogens (tertiary/aromatic N) is 8. The maximum absolute atomic E-state index is 11.5. The van der Waals surface area contributed by atoms with Gasteiger partial charge in [-0.2, -0.15) is 15.5 Å². The van der Waals surface area contributed by atoms with Gasteiger partial charge in [-0.15, -0.1) is 9.50 Å². The number of amides is 1. The van der Waals surface area contributed by atoms with Gasteiger partial charge in [0.1, 0.15) is 11.4 Å². The highest BCUT2D eigenvalue weighted by molar-refractivity contribution is 6.21. The van der Waals surface area contributed by atoms with Crippen molar-refractivity contribution in [3.63, 3.8) is 0 Å². The molecular weight excluding hydrogens is 717 g/mol. The van der Waals surface area contributed by atoms with Crippen LogP contribution in [0.1, 0.15) is 37.5 Å². The third-order valence-electron chi connectivity index (χ3n) is 7.14. The van der Waals surface area contributed by atoms with Gasteiger partial charge < -0.3 is 29.3 Å². The van der Waals surface area contributed by atoms with E-state index in [-0.39, 0.29) is 11.7 Å². The second-order valence-electron chi connectivity index (χ2n) is 12.1. The molecule has 0 atom stereocenters. The van der Waals surface area contributed by atoms with Gasteiger partial charge in [0.15, 0.2) is 0 Å². The largest absolute Gasteiger partial charge is 0.480 e. The highest BCUT2D eigenvalue weighted by Crippen LogP contribution is 2.12. The predicted octanol–water partition coefficient (Wildman–Crippen LogP) is 6.31. The lowest BCUT2D eigenvalue weighted by molar-refractivity contribution is 0.0229. The van der Waals surface area contributed by atoms with Gasteiger partial charge in [-0.25, -0.2) is 9.21 Å². The zero-order valence-corrected chi connectivity index (χ0v) is 32.3. The van der Waals surface area contributed by atoms with E-state index in [2.05, 4.69) is 24.7 Å². The third kappa shape index (κ3) is 17.3. The van der Waals surface area contributed by atoms with Crippen molar-refractivity contribution in [1.29, 1.82) is 10.5 Å². The van der Waals surface area contributed by atoms with E-state index in [1.54, 1.807) is 15.5 Å². The molecule has 2 fully saturated rings. The number of ether oxygens (including phenoxy) is 3. The molecule has 282 valence electrons. The minimum absolute atomic E-state index is 0.200. The van der Waals surface area contributed by atoms with E-state index in [1.165, 1.54) is 14.2 Å². The van der Waals surface area contributed by atoms with Crippen molar-refractivity contribution in [2.24, 2.45) is 14.5 Å². The molecule has 15 heteroatoms. The minimum atomic E-state index is -0.387. The number of carbonyl (C=O) groups is 1. The van der Waals surface area contributed by atoms with Crippen LogP contribution in [0.15, 0.2) is 105 Å². The molecule has 0 radical (unpaired) electrons. The quantitative estimate of drug-likeness (QED) is 0.140. The maximum atomic E-state index is 11.5. The highest BCUT2D eigenvalue weighted by atomic mass is 35.5. The SMILES string of the molecule is CC(C)(C)OC(=O)N1CCNCC1.COC(=NC#N)c1ccccc1.COC(=NCl)c1ccccc1.N#CN=C(c1ccccc1)N1CCN(Cl)CC1. The van der Waals surface area contributed by atoms with Gasteiger partial charge in [-0.1, -0.05) is 66.7 Å². The molecule has 2 saturated heterocycles. The number of methoxy groups -OCH3 is 2. The lowest BCUT2D eigenvalue weighted by atomic mass is 10.2. The Balaban J connectivity index is 0.000000248. The van der Waals surface area contributed by atoms with Crippen LogP contribution in [-0.2, 0) is 14.2 Å². The smallest absolute Gasteiger partial charge is 0.410 e. The number of aliphatic imine (C=N–C) groups is 2. The zero-order chi connectivity index (χ0) is 38.9. The van der Waals surface area contributed by atoms with Gasteiger partial charge in [-0.3, -0.25) is 0 Å². The van der Waals surface area contributed by atoms with Gasteiger partial charge in [0.25, 0.3) is 0 Å². The zero-order valence-electron chi connectivity index (χ0n) is 30.8. The van der Waals surface area contributed by atoms with Crippen LogP contribution in [0.4, 0.5) is 4.79 Å². The van der Waals surface area contributed by atoms with Crippen molar-refractivity contribution >= 4 is 47.3 Å². The van der Waals surface area contributed by atoms with Gasteiger partial charge in [0.05, 0.1) is 14.2 Å². The van der Waals surface area contributed by atoms with Crippen molar-refractivity contribution in [3.05, 3.63) is 108 Å². The molecule has 13 nitrogen and oxygen atoms in total. The number of rotatable bonds is 3. The molecule has 3 aromatic rings. The first-order valence-corrected chi connectivity index (χ1v) is 17.5. The van der Waals surface area contributed by atoms with Gasteiger partial charge in [-0.05, 0) is 56.8 Å². The summed E-state index contributed by atoms with van der Waals surface area (Å²) in [5.41, 5.74) is 2.27. The molecule has 0 saturated carbocycles. The number of piperazine rings is 2. The maximum Gasteiger partial charge on any atom is 0.410 e. The topological polar surface area (TPSA) is 151 Å². The Kier molecular flexibility index (Phi) is 20.7. The van der Waals surface area contributed by atoms with E-state index in [4.69, 9.17) is 48.3 Å². The summed E-state index contributed by atoms with van der Waals surface area (Å²) in [4.78, 5) is 22.8. The molecule has 0 unspecified atom stereocenters. The number of nitrogens with one attached hydrogen (secondary N) is 1. The van der Waals surface area contributed by atoms with Crippen LogP contribution in [0.3, 0.4) is 0 Å². The predicted molar refractivity (Wildman–Crippen MR) is 210 cm³/mol. The van der Waals surface area contributed by atoms with Crippen LogP contribution in [-0.4, -0.2) is 110 Å². The Bertz CT molecular complexity index is 1660. The number of amidine groups is 1. The Morgan fingerprint density at radius 2 is 1.15 bits per heavy atom. The fourth-order valence-electron chi connectivity index (χ4n) is 4.66. The Hall–Kier alpha value is -5.18. The number of nitriles is 2. The summed E-state index contributed by atoms with van der Waals surface area (Å²) in [5.74, 6) is 1.52. The van der Waals surface area contributed by atoms with Gasteiger partial charge in [0, 0.05) is 80.8 Å². The molecular formula is C38H47Cl2N9O4. The summed E-state index contributed by atoms with van der Waals surface area (Å²) < 4.78 is 20.2. The van der Waals surface area contributed by atoms with Crippen molar-refractivity contribution in [3.8, 4) is 12.4 Å². The lowest BCUT2D eigenvalue weighted by Gasteiger charge is -2.32. The average molecular weight is 765 g/mol. The number of carbonyl (C=O) groups excluding carboxylic acids is 1. The molecule has 5 rings (SSSR count). The van der Waals surface area contributed by atoms with Crippen molar-refractivity contribution < 1.29 is 19.0 Å². The highest BCUT2D eigenvalue weighted by Gasteiger charge is 2.23. The normalized spacial score (nSPS) is 15.0. The second kappa shape index (κ2) is 24.9. The van der Waals surface area contributed by atoms with E-state index >= 15 is 0 Å². The van der Waals surface area contributed by atoms with E-state index in [0.29, 0.717) is 11.8 Å². The summed E-state index contributed by atoms with van der Waals surface area (Å²) in [5, 5.41) is 20.3. The minimum Gasteiger partial charge on any atom is -0.480 e. The monoisotopic (exact) mass is 763 g/mol. The molecule has 53 heavy (non-hydrogen) atoms. The number of halogens is 2.